The molecule has 1 heterocycles. The highest BCUT2D eigenvalue weighted by atomic mass is 16.6. The van der Waals surface area contributed by atoms with Crippen molar-refractivity contribution in [3.8, 4) is 5.75 Å². The number of aryl methyl sites for hydroxylation is 1. The van der Waals surface area contributed by atoms with Gasteiger partial charge in [-0.2, -0.15) is 0 Å². The number of nitrogens with zero attached hydrogens (tertiary/aromatic N) is 1. The lowest BCUT2D eigenvalue weighted by Crippen LogP contribution is -2.54. The Balaban J connectivity index is 1.33. The molecule has 0 saturated heterocycles. The third kappa shape index (κ3) is 6.75. The van der Waals surface area contributed by atoms with Crippen LogP contribution in [0.1, 0.15) is 77.8 Å². The van der Waals surface area contributed by atoms with E-state index in [2.05, 4.69) is 17.4 Å². The van der Waals surface area contributed by atoms with Gasteiger partial charge in [-0.25, -0.2) is 9.59 Å². The van der Waals surface area contributed by atoms with Gasteiger partial charge in [-0.05, 0) is 92.1 Å². The highest BCUT2D eigenvalue weighted by Crippen LogP contribution is 2.32. The summed E-state index contributed by atoms with van der Waals surface area (Å²) in [5, 5.41) is 3.25. The number of amides is 2. The van der Waals surface area contributed by atoms with Crippen LogP contribution in [-0.2, 0) is 40.3 Å². The average Bonchev–Trinajstić information content (AvgIpc) is 2.98. The number of carbonyl (C=O) groups is 3. The van der Waals surface area contributed by atoms with E-state index < -0.39 is 17.7 Å². The monoisotopic (exact) mass is 570 g/mol. The molecule has 1 N–H and O–H groups in total. The number of ether oxygens (including phenoxy) is 3. The lowest BCUT2D eigenvalue weighted by Gasteiger charge is -2.38. The van der Waals surface area contributed by atoms with E-state index >= 15 is 0 Å². The van der Waals surface area contributed by atoms with Crippen molar-refractivity contribution in [3.63, 3.8) is 0 Å². The number of benzene rings is 3. The first-order chi connectivity index (χ1) is 20.1. The molecule has 2 amide bonds. The first kappa shape index (κ1) is 29.2. The molecule has 1 aliphatic carbocycles. The Kier molecular flexibility index (Phi) is 8.52. The van der Waals surface area contributed by atoms with Gasteiger partial charge in [-0.15, -0.1) is 0 Å². The molecule has 1 aliphatic heterocycles. The number of rotatable bonds is 6. The minimum atomic E-state index is -0.699. The van der Waals surface area contributed by atoms with Gasteiger partial charge >= 0.3 is 12.1 Å². The molecule has 0 bridgehead atoms. The average molecular weight is 571 g/mol. The third-order valence-corrected chi connectivity index (χ3v) is 7.71. The summed E-state index contributed by atoms with van der Waals surface area (Å²) in [6.45, 7) is 6.00. The van der Waals surface area contributed by atoms with Gasteiger partial charge in [0.1, 0.15) is 24.0 Å². The molecular weight excluding hydrogens is 532 g/mol. The minimum absolute atomic E-state index is 0.0817. The zero-order chi connectivity index (χ0) is 29.9. The minimum Gasteiger partial charge on any atom is -0.489 e. The zero-order valence-electron chi connectivity index (χ0n) is 24.6. The summed E-state index contributed by atoms with van der Waals surface area (Å²) in [5.74, 6) is 0.0860. The van der Waals surface area contributed by atoms with Crippen molar-refractivity contribution < 1.29 is 28.6 Å². The van der Waals surface area contributed by atoms with Gasteiger partial charge in [0.05, 0.1) is 25.3 Å². The summed E-state index contributed by atoms with van der Waals surface area (Å²) in [6.07, 6.45) is 2.74. The molecule has 0 saturated carbocycles. The van der Waals surface area contributed by atoms with Crippen molar-refractivity contribution in [1.82, 2.24) is 10.2 Å². The fourth-order valence-electron chi connectivity index (χ4n) is 5.59. The first-order valence-corrected chi connectivity index (χ1v) is 14.4. The number of fused-ring (bicyclic) bond motifs is 2. The maximum atomic E-state index is 13.8. The van der Waals surface area contributed by atoms with Crippen LogP contribution >= 0.6 is 0 Å². The second-order valence-corrected chi connectivity index (χ2v) is 11.9. The fraction of sp³-hybridized carbons (Fsp3) is 0.382. The van der Waals surface area contributed by atoms with Gasteiger partial charge in [-0.1, -0.05) is 42.5 Å². The Morgan fingerprint density at radius 3 is 2.45 bits per heavy atom. The van der Waals surface area contributed by atoms with Crippen molar-refractivity contribution in [1.29, 1.82) is 0 Å². The summed E-state index contributed by atoms with van der Waals surface area (Å²) in [5.41, 5.74) is 4.99. The molecule has 0 aromatic heterocycles. The van der Waals surface area contributed by atoms with Gasteiger partial charge in [0.15, 0.2) is 0 Å². The quantitative estimate of drug-likeness (QED) is 0.371. The van der Waals surface area contributed by atoms with Crippen LogP contribution < -0.4 is 10.1 Å². The summed E-state index contributed by atoms with van der Waals surface area (Å²) in [4.78, 5) is 40.4. The van der Waals surface area contributed by atoms with E-state index in [-0.39, 0.29) is 24.5 Å². The van der Waals surface area contributed by atoms with E-state index in [9.17, 15) is 14.4 Å². The maximum Gasteiger partial charge on any atom is 0.411 e. The Bertz CT molecular complexity index is 1460. The number of methoxy groups -OCH3 is 1. The smallest absolute Gasteiger partial charge is 0.411 e. The van der Waals surface area contributed by atoms with Crippen LogP contribution in [0, 0.1) is 0 Å². The standard InChI is InChI=1S/C34H38N2O6/c1-34(2,3)42-33(39)36-20-26-18-27(41-21-22-12-14-24(15-13-22)32(38)40-4)17-16-25(26)19-30(36)31(37)35-29-11-7-9-23-8-5-6-10-28(23)29/h5-6,8,10,12-18,29-30H,7,9,11,19-21H2,1-4H3,(H,35,37). The van der Waals surface area contributed by atoms with Crippen molar-refractivity contribution in [3.05, 3.63) is 100 Å². The highest BCUT2D eigenvalue weighted by Gasteiger charge is 2.38. The summed E-state index contributed by atoms with van der Waals surface area (Å²) < 4.78 is 16.5. The topological polar surface area (TPSA) is 94.2 Å². The van der Waals surface area contributed by atoms with Crippen LogP contribution in [-0.4, -0.2) is 41.6 Å². The third-order valence-electron chi connectivity index (χ3n) is 7.71. The molecule has 0 spiro atoms. The molecular formula is C34H38N2O6. The van der Waals surface area contributed by atoms with Crippen LogP contribution in [0.2, 0.25) is 0 Å². The second kappa shape index (κ2) is 12.3. The molecule has 5 rings (SSSR count). The highest BCUT2D eigenvalue weighted by molar-refractivity contribution is 5.89. The summed E-state index contributed by atoms with van der Waals surface area (Å²) in [6, 6.07) is 20.3. The molecule has 8 nitrogen and oxygen atoms in total. The van der Waals surface area contributed by atoms with Crippen LogP contribution in [0.4, 0.5) is 4.79 Å². The Morgan fingerprint density at radius 1 is 0.952 bits per heavy atom. The van der Waals surface area contributed by atoms with Gasteiger partial charge < -0.3 is 19.5 Å². The molecule has 2 atom stereocenters. The Labute approximate surface area is 247 Å². The first-order valence-electron chi connectivity index (χ1n) is 14.4. The lowest BCUT2D eigenvalue weighted by molar-refractivity contribution is -0.128. The van der Waals surface area contributed by atoms with Gasteiger partial charge in [0.25, 0.3) is 0 Å². The molecule has 3 aromatic carbocycles. The number of hydrogen-bond acceptors (Lipinski definition) is 6. The van der Waals surface area contributed by atoms with Crippen molar-refractivity contribution in [2.45, 2.75) is 77.3 Å². The normalized spacial score (nSPS) is 17.9. The van der Waals surface area contributed by atoms with Crippen LogP contribution in [0.25, 0.3) is 0 Å². The Hall–Kier alpha value is -4.33. The molecule has 2 unspecified atom stereocenters. The molecule has 2 aliphatic rings. The molecule has 3 aromatic rings. The predicted molar refractivity (Wildman–Crippen MR) is 158 cm³/mol. The van der Waals surface area contributed by atoms with Gasteiger partial charge in [0, 0.05) is 6.42 Å². The number of hydrogen-bond donors (Lipinski definition) is 1. The van der Waals surface area contributed by atoms with Gasteiger partial charge in [-0.3, -0.25) is 9.69 Å². The molecule has 42 heavy (non-hydrogen) atoms. The van der Waals surface area contributed by atoms with Crippen molar-refractivity contribution in [2.75, 3.05) is 7.11 Å². The summed E-state index contributed by atoms with van der Waals surface area (Å²) in [7, 11) is 1.35. The summed E-state index contributed by atoms with van der Waals surface area (Å²) >= 11 is 0. The van der Waals surface area contributed by atoms with E-state index in [1.807, 2.05) is 63.2 Å². The van der Waals surface area contributed by atoms with E-state index in [0.717, 1.165) is 41.5 Å². The van der Waals surface area contributed by atoms with Crippen molar-refractivity contribution >= 4 is 18.0 Å². The second-order valence-electron chi connectivity index (χ2n) is 11.9. The lowest BCUT2D eigenvalue weighted by atomic mass is 9.87. The van der Waals surface area contributed by atoms with Crippen LogP contribution in [0.3, 0.4) is 0 Å². The molecule has 220 valence electrons. The SMILES string of the molecule is COC(=O)c1ccc(COc2ccc3c(c2)CN(C(=O)OC(C)(C)C)C(C(=O)NC2CCCc4ccccc42)C3)cc1. The van der Waals surface area contributed by atoms with Crippen LogP contribution in [0.5, 0.6) is 5.75 Å². The zero-order valence-corrected chi connectivity index (χ0v) is 24.6. The van der Waals surface area contributed by atoms with E-state index in [1.54, 1.807) is 12.1 Å². The van der Waals surface area contributed by atoms with E-state index in [1.165, 1.54) is 17.6 Å². The Morgan fingerprint density at radius 2 is 1.71 bits per heavy atom. The maximum absolute atomic E-state index is 13.8. The van der Waals surface area contributed by atoms with Gasteiger partial charge in [0.2, 0.25) is 5.91 Å². The van der Waals surface area contributed by atoms with Crippen LogP contribution in [0.15, 0.2) is 66.7 Å². The van der Waals surface area contributed by atoms with E-state index in [0.29, 0.717) is 24.3 Å². The molecule has 0 radical (unpaired) electrons. The number of esters is 1. The molecule has 0 fully saturated rings. The van der Waals surface area contributed by atoms with E-state index in [4.69, 9.17) is 14.2 Å². The molecule has 8 heteroatoms. The number of carbonyl (C=O) groups excluding carboxylic acids is 3. The largest absolute Gasteiger partial charge is 0.489 e. The number of nitrogens with one attached hydrogen (secondary N) is 1. The fourth-order valence-corrected chi connectivity index (χ4v) is 5.59. The predicted octanol–water partition coefficient (Wildman–Crippen LogP) is 5.91. The van der Waals surface area contributed by atoms with Crippen molar-refractivity contribution in [2.24, 2.45) is 0 Å².